The van der Waals surface area contributed by atoms with Crippen LogP contribution in [0.1, 0.15) is 11.1 Å². The standard InChI is InChI=1S/C27H21N5O2/c1-31-15-21(11-12-25(31)33)23-16-32(2)30-27(23)34-17-18-7-9-19(10-8-18)26-22(14-28)13-20-5-3-4-6-24(20)29-26/h3-13,15-16H,17H2,1-2H3. The number of hydrogen-bond acceptors (Lipinski definition) is 5. The molecule has 0 aliphatic carbocycles. The van der Waals surface area contributed by atoms with E-state index in [9.17, 15) is 10.1 Å². The first-order valence-electron chi connectivity index (χ1n) is 10.7. The molecule has 0 bridgehead atoms. The van der Waals surface area contributed by atoms with Gasteiger partial charge in [0, 0.05) is 49.1 Å². The second-order valence-electron chi connectivity index (χ2n) is 8.06. The van der Waals surface area contributed by atoms with Gasteiger partial charge in [0.1, 0.15) is 12.7 Å². The van der Waals surface area contributed by atoms with E-state index in [4.69, 9.17) is 9.72 Å². The van der Waals surface area contributed by atoms with Gasteiger partial charge >= 0.3 is 0 Å². The lowest BCUT2D eigenvalue weighted by Crippen LogP contribution is -2.13. The molecule has 3 heterocycles. The summed E-state index contributed by atoms with van der Waals surface area (Å²) in [5, 5.41) is 15.0. The van der Waals surface area contributed by atoms with E-state index >= 15 is 0 Å². The number of hydrogen-bond donors (Lipinski definition) is 0. The second-order valence-corrected chi connectivity index (χ2v) is 8.06. The molecule has 0 saturated heterocycles. The van der Waals surface area contributed by atoms with Crippen molar-refractivity contribution in [3.05, 3.63) is 101 Å². The number of para-hydroxylation sites is 1. The van der Waals surface area contributed by atoms with Gasteiger partial charge in [-0.25, -0.2) is 4.98 Å². The van der Waals surface area contributed by atoms with Crippen LogP contribution in [0.15, 0.2) is 83.9 Å². The number of nitrogens with zero attached hydrogens (tertiary/aromatic N) is 5. The Balaban J connectivity index is 1.38. The second kappa shape index (κ2) is 8.68. The number of aryl methyl sites for hydroxylation is 2. The van der Waals surface area contributed by atoms with Crippen molar-refractivity contribution in [2.75, 3.05) is 0 Å². The summed E-state index contributed by atoms with van der Waals surface area (Å²) < 4.78 is 9.25. The Hall–Kier alpha value is -4.70. The first-order valence-corrected chi connectivity index (χ1v) is 10.7. The van der Waals surface area contributed by atoms with Gasteiger partial charge in [-0.15, -0.1) is 5.10 Å². The minimum absolute atomic E-state index is 0.0735. The van der Waals surface area contributed by atoms with E-state index in [0.717, 1.165) is 33.2 Å². The highest BCUT2D eigenvalue weighted by Crippen LogP contribution is 2.29. The van der Waals surface area contributed by atoms with Crippen molar-refractivity contribution in [2.24, 2.45) is 14.1 Å². The average Bonchev–Trinajstić information content (AvgIpc) is 3.24. The lowest BCUT2D eigenvalue weighted by atomic mass is 10.0. The molecule has 0 spiro atoms. The number of benzene rings is 2. The number of rotatable bonds is 5. The molecule has 7 heteroatoms. The fourth-order valence-electron chi connectivity index (χ4n) is 3.86. The van der Waals surface area contributed by atoms with Gasteiger partial charge in [-0.3, -0.25) is 9.48 Å². The van der Waals surface area contributed by atoms with Crippen LogP contribution in [0.4, 0.5) is 0 Å². The van der Waals surface area contributed by atoms with Crippen molar-refractivity contribution in [1.82, 2.24) is 19.3 Å². The summed E-state index contributed by atoms with van der Waals surface area (Å²) in [6.45, 7) is 0.326. The third kappa shape index (κ3) is 4.05. The van der Waals surface area contributed by atoms with E-state index < -0.39 is 0 Å². The maximum absolute atomic E-state index is 11.7. The highest BCUT2D eigenvalue weighted by Gasteiger charge is 2.13. The van der Waals surface area contributed by atoms with Crippen molar-refractivity contribution >= 4 is 10.9 Å². The molecule has 5 aromatic rings. The number of ether oxygens (including phenoxy) is 1. The Kier molecular flexibility index (Phi) is 5.40. The highest BCUT2D eigenvalue weighted by molar-refractivity contribution is 5.84. The van der Waals surface area contributed by atoms with Crippen molar-refractivity contribution in [3.63, 3.8) is 0 Å². The van der Waals surface area contributed by atoms with Gasteiger partial charge in [0.25, 0.3) is 0 Å². The van der Waals surface area contributed by atoms with Gasteiger partial charge in [0.15, 0.2) is 0 Å². The van der Waals surface area contributed by atoms with Crippen LogP contribution in [-0.4, -0.2) is 19.3 Å². The molecule has 0 aliphatic heterocycles. The van der Waals surface area contributed by atoms with Crippen LogP contribution in [-0.2, 0) is 20.7 Å². The first-order chi connectivity index (χ1) is 16.5. The summed E-state index contributed by atoms with van der Waals surface area (Å²) >= 11 is 0. The van der Waals surface area contributed by atoms with Gasteiger partial charge < -0.3 is 9.30 Å². The molecule has 0 fully saturated rings. The summed E-state index contributed by atoms with van der Waals surface area (Å²) in [6, 6.07) is 23.0. The summed E-state index contributed by atoms with van der Waals surface area (Å²) in [6.07, 6.45) is 3.64. The van der Waals surface area contributed by atoms with Crippen LogP contribution in [0.5, 0.6) is 5.88 Å². The molecule has 3 aromatic heterocycles. The van der Waals surface area contributed by atoms with Crippen LogP contribution in [0.25, 0.3) is 33.3 Å². The molecule has 2 aromatic carbocycles. The van der Waals surface area contributed by atoms with Gasteiger partial charge in [-0.05, 0) is 23.8 Å². The summed E-state index contributed by atoms with van der Waals surface area (Å²) in [5.74, 6) is 0.494. The fraction of sp³-hybridized carbons (Fsp3) is 0.111. The van der Waals surface area contributed by atoms with E-state index in [1.165, 1.54) is 10.6 Å². The number of fused-ring (bicyclic) bond motifs is 1. The Morgan fingerprint density at radius 1 is 0.971 bits per heavy atom. The Bertz CT molecular complexity index is 1610. The van der Waals surface area contributed by atoms with Gasteiger partial charge in [-0.2, -0.15) is 5.26 Å². The lowest BCUT2D eigenvalue weighted by molar-refractivity contribution is 0.292. The molecule has 34 heavy (non-hydrogen) atoms. The normalized spacial score (nSPS) is 10.9. The van der Waals surface area contributed by atoms with E-state index in [1.54, 1.807) is 24.0 Å². The highest BCUT2D eigenvalue weighted by atomic mass is 16.5. The number of nitriles is 1. The molecule has 7 nitrogen and oxygen atoms in total. The van der Waals surface area contributed by atoms with E-state index in [0.29, 0.717) is 23.7 Å². The number of aromatic nitrogens is 4. The van der Waals surface area contributed by atoms with Crippen LogP contribution in [0, 0.1) is 11.3 Å². The molecule has 166 valence electrons. The predicted octanol–water partition coefficient (Wildman–Crippen LogP) is 4.45. The van der Waals surface area contributed by atoms with Crippen LogP contribution in [0.2, 0.25) is 0 Å². The van der Waals surface area contributed by atoms with Gasteiger partial charge in [0.05, 0.1) is 22.3 Å². The molecule has 0 saturated carbocycles. The third-order valence-electron chi connectivity index (χ3n) is 5.64. The van der Waals surface area contributed by atoms with Gasteiger partial charge in [-0.1, -0.05) is 42.5 Å². The van der Waals surface area contributed by atoms with Crippen LogP contribution < -0.4 is 10.3 Å². The smallest absolute Gasteiger partial charge is 0.250 e. The molecule has 0 unspecified atom stereocenters. The zero-order valence-electron chi connectivity index (χ0n) is 18.8. The molecule has 0 N–H and O–H groups in total. The maximum atomic E-state index is 11.7. The Labute approximate surface area is 196 Å². The van der Waals surface area contributed by atoms with Crippen molar-refractivity contribution in [2.45, 2.75) is 6.61 Å². The molecule has 0 atom stereocenters. The number of pyridine rings is 2. The lowest BCUT2D eigenvalue weighted by Gasteiger charge is -2.09. The SMILES string of the molecule is Cn1cc(-c2ccc(=O)n(C)c2)c(OCc2ccc(-c3nc4ccccc4cc3C#N)cc2)n1. The molecule has 0 aliphatic rings. The zero-order chi connectivity index (χ0) is 23.7. The van der Waals surface area contributed by atoms with E-state index in [1.807, 2.05) is 67.8 Å². The summed E-state index contributed by atoms with van der Waals surface area (Å²) in [5.41, 5.74) is 5.48. The monoisotopic (exact) mass is 447 g/mol. The summed E-state index contributed by atoms with van der Waals surface area (Å²) in [4.78, 5) is 16.4. The first kappa shape index (κ1) is 21.2. The fourth-order valence-corrected chi connectivity index (χ4v) is 3.86. The average molecular weight is 447 g/mol. The Morgan fingerprint density at radius 3 is 2.50 bits per heavy atom. The molecular weight excluding hydrogens is 426 g/mol. The maximum Gasteiger partial charge on any atom is 0.250 e. The largest absolute Gasteiger partial charge is 0.471 e. The molecule has 5 rings (SSSR count). The zero-order valence-corrected chi connectivity index (χ0v) is 18.8. The van der Waals surface area contributed by atoms with Crippen LogP contribution >= 0.6 is 0 Å². The summed E-state index contributed by atoms with van der Waals surface area (Å²) in [7, 11) is 3.54. The molecule has 0 amide bonds. The molecule has 0 radical (unpaired) electrons. The van der Waals surface area contributed by atoms with Crippen LogP contribution in [0.3, 0.4) is 0 Å². The molecular formula is C27H21N5O2. The quantitative estimate of drug-likeness (QED) is 0.397. The Morgan fingerprint density at radius 2 is 1.74 bits per heavy atom. The minimum atomic E-state index is -0.0735. The third-order valence-corrected chi connectivity index (χ3v) is 5.64. The van der Waals surface area contributed by atoms with E-state index in [-0.39, 0.29) is 5.56 Å². The van der Waals surface area contributed by atoms with Gasteiger partial charge in [0.2, 0.25) is 11.4 Å². The van der Waals surface area contributed by atoms with E-state index in [2.05, 4.69) is 11.2 Å². The van der Waals surface area contributed by atoms with Crippen molar-refractivity contribution in [1.29, 1.82) is 5.26 Å². The topological polar surface area (TPSA) is 85.7 Å². The van der Waals surface area contributed by atoms with Crippen molar-refractivity contribution in [3.8, 4) is 34.3 Å². The predicted molar refractivity (Wildman–Crippen MR) is 130 cm³/mol. The minimum Gasteiger partial charge on any atom is -0.471 e. The van der Waals surface area contributed by atoms with Crippen molar-refractivity contribution < 1.29 is 4.74 Å².